The van der Waals surface area contributed by atoms with Gasteiger partial charge < -0.3 is 5.32 Å². The fourth-order valence-corrected chi connectivity index (χ4v) is 2.52. The number of aryl methyl sites for hydroxylation is 1. The molecule has 1 N–H and O–H groups in total. The number of nitrogens with zero attached hydrogens (tertiary/aromatic N) is 2. The van der Waals surface area contributed by atoms with Gasteiger partial charge in [-0.05, 0) is 31.9 Å². The van der Waals surface area contributed by atoms with Crippen molar-refractivity contribution in [3.63, 3.8) is 0 Å². The van der Waals surface area contributed by atoms with Crippen molar-refractivity contribution >= 4 is 0 Å². The Labute approximate surface area is 91.9 Å². The second kappa shape index (κ2) is 4.35. The fraction of sp³-hybridized carbons (Fsp3) is 0.750. The van der Waals surface area contributed by atoms with E-state index < -0.39 is 0 Å². The lowest BCUT2D eigenvalue weighted by Gasteiger charge is -2.30. The molecular weight excluding hydrogens is 186 g/mol. The van der Waals surface area contributed by atoms with Crippen LogP contribution in [0.5, 0.6) is 0 Å². The van der Waals surface area contributed by atoms with Gasteiger partial charge in [0.1, 0.15) is 0 Å². The molecule has 0 aromatic carbocycles. The lowest BCUT2D eigenvalue weighted by atomic mass is 9.87. The highest BCUT2D eigenvalue weighted by Crippen LogP contribution is 2.31. The van der Waals surface area contributed by atoms with E-state index in [1.165, 1.54) is 31.4 Å². The van der Waals surface area contributed by atoms with Crippen molar-refractivity contribution in [1.82, 2.24) is 15.1 Å². The molecule has 1 aliphatic rings. The zero-order chi connectivity index (χ0) is 10.7. The molecule has 1 aliphatic heterocycles. The molecule has 1 aromatic heterocycles. The molecule has 1 fully saturated rings. The SMILES string of the molecule is CCC1(c2ccn(C)n2)CCCCCN1. The van der Waals surface area contributed by atoms with Gasteiger partial charge in [-0.3, -0.25) is 4.68 Å². The highest BCUT2D eigenvalue weighted by molar-refractivity contribution is 5.14. The highest BCUT2D eigenvalue weighted by atomic mass is 15.3. The van der Waals surface area contributed by atoms with Crippen LogP contribution < -0.4 is 5.32 Å². The molecule has 0 aliphatic carbocycles. The summed E-state index contributed by atoms with van der Waals surface area (Å²) in [5, 5.41) is 8.27. The largest absolute Gasteiger partial charge is 0.306 e. The second-order valence-electron chi connectivity index (χ2n) is 4.55. The van der Waals surface area contributed by atoms with Gasteiger partial charge in [0.25, 0.3) is 0 Å². The summed E-state index contributed by atoms with van der Waals surface area (Å²) in [5.74, 6) is 0. The maximum atomic E-state index is 4.57. The van der Waals surface area contributed by atoms with Crippen LogP contribution in [-0.2, 0) is 12.6 Å². The maximum Gasteiger partial charge on any atom is 0.0825 e. The molecule has 15 heavy (non-hydrogen) atoms. The van der Waals surface area contributed by atoms with Gasteiger partial charge in [0, 0.05) is 13.2 Å². The van der Waals surface area contributed by atoms with Crippen LogP contribution >= 0.6 is 0 Å². The Morgan fingerprint density at radius 2 is 2.33 bits per heavy atom. The fourth-order valence-electron chi connectivity index (χ4n) is 2.52. The standard InChI is InChI=1S/C12H21N3/c1-3-12(8-5-4-6-9-13-12)11-7-10-15(2)14-11/h7,10,13H,3-6,8-9H2,1-2H3. The van der Waals surface area contributed by atoms with Crippen LogP contribution in [0.4, 0.5) is 0 Å². The van der Waals surface area contributed by atoms with Crippen molar-refractivity contribution in [3.05, 3.63) is 18.0 Å². The first-order chi connectivity index (χ1) is 7.27. The first-order valence-electron chi connectivity index (χ1n) is 6.02. The third-order valence-corrected chi connectivity index (χ3v) is 3.55. The summed E-state index contributed by atoms with van der Waals surface area (Å²) >= 11 is 0. The van der Waals surface area contributed by atoms with E-state index in [-0.39, 0.29) is 5.54 Å². The van der Waals surface area contributed by atoms with Crippen molar-refractivity contribution in [3.8, 4) is 0 Å². The molecule has 1 aromatic rings. The third-order valence-electron chi connectivity index (χ3n) is 3.55. The Bertz CT molecular complexity index is 308. The number of nitrogens with one attached hydrogen (secondary N) is 1. The van der Waals surface area contributed by atoms with E-state index in [9.17, 15) is 0 Å². The molecule has 1 saturated heterocycles. The summed E-state index contributed by atoms with van der Waals surface area (Å²) in [6.45, 7) is 3.39. The van der Waals surface area contributed by atoms with E-state index in [0.29, 0.717) is 0 Å². The van der Waals surface area contributed by atoms with Gasteiger partial charge in [0.2, 0.25) is 0 Å². The molecule has 0 amide bonds. The number of hydrogen-bond donors (Lipinski definition) is 1. The minimum Gasteiger partial charge on any atom is -0.306 e. The van der Waals surface area contributed by atoms with Gasteiger partial charge in [-0.15, -0.1) is 0 Å². The lowest BCUT2D eigenvalue weighted by Crippen LogP contribution is -2.41. The van der Waals surface area contributed by atoms with E-state index >= 15 is 0 Å². The molecule has 84 valence electrons. The Morgan fingerprint density at radius 3 is 3.00 bits per heavy atom. The van der Waals surface area contributed by atoms with Crippen LogP contribution in [0.2, 0.25) is 0 Å². The third kappa shape index (κ3) is 2.07. The molecule has 0 bridgehead atoms. The maximum absolute atomic E-state index is 4.57. The summed E-state index contributed by atoms with van der Waals surface area (Å²) in [7, 11) is 1.99. The predicted octanol–water partition coefficient (Wildman–Crippen LogP) is 2.19. The first kappa shape index (κ1) is 10.7. The molecule has 3 nitrogen and oxygen atoms in total. The van der Waals surface area contributed by atoms with Gasteiger partial charge in [0.15, 0.2) is 0 Å². The van der Waals surface area contributed by atoms with Crippen molar-refractivity contribution < 1.29 is 0 Å². The predicted molar refractivity (Wildman–Crippen MR) is 61.6 cm³/mol. The van der Waals surface area contributed by atoms with Gasteiger partial charge in [-0.25, -0.2) is 0 Å². The molecule has 2 heterocycles. The quantitative estimate of drug-likeness (QED) is 0.805. The van der Waals surface area contributed by atoms with E-state index in [2.05, 4.69) is 23.4 Å². The Hall–Kier alpha value is -0.830. The second-order valence-corrected chi connectivity index (χ2v) is 4.55. The topological polar surface area (TPSA) is 29.9 Å². The summed E-state index contributed by atoms with van der Waals surface area (Å²) < 4.78 is 1.90. The van der Waals surface area contributed by atoms with E-state index in [1.807, 2.05) is 17.9 Å². The minimum atomic E-state index is 0.137. The number of hydrogen-bond acceptors (Lipinski definition) is 2. The Kier molecular flexibility index (Phi) is 3.10. The Morgan fingerprint density at radius 1 is 1.47 bits per heavy atom. The minimum absolute atomic E-state index is 0.137. The van der Waals surface area contributed by atoms with Gasteiger partial charge in [-0.2, -0.15) is 5.10 Å². The molecular formula is C12H21N3. The van der Waals surface area contributed by atoms with Crippen molar-refractivity contribution in [2.75, 3.05) is 6.54 Å². The normalized spacial score (nSPS) is 27.6. The highest BCUT2D eigenvalue weighted by Gasteiger charge is 2.32. The smallest absolute Gasteiger partial charge is 0.0825 e. The van der Waals surface area contributed by atoms with E-state index in [1.54, 1.807) is 0 Å². The van der Waals surface area contributed by atoms with Crippen LogP contribution in [0.15, 0.2) is 12.3 Å². The molecule has 1 unspecified atom stereocenters. The van der Waals surface area contributed by atoms with Crippen LogP contribution in [0.25, 0.3) is 0 Å². The first-order valence-corrected chi connectivity index (χ1v) is 6.02. The van der Waals surface area contributed by atoms with Crippen LogP contribution in [-0.4, -0.2) is 16.3 Å². The number of rotatable bonds is 2. The summed E-state index contributed by atoms with van der Waals surface area (Å²) in [4.78, 5) is 0. The van der Waals surface area contributed by atoms with E-state index in [0.717, 1.165) is 13.0 Å². The molecule has 1 atom stereocenters. The Balaban J connectivity index is 2.26. The van der Waals surface area contributed by atoms with Crippen molar-refractivity contribution in [2.45, 2.75) is 44.6 Å². The zero-order valence-corrected chi connectivity index (χ0v) is 9.79. The molecule has 0 spiro atoms. The van der Waals surface area contributed by atoms with E-state index in [4.69, 9.17) is 0 Å². The van der Waals surface area contributed by atoms with Crippen molar-refractivity contribution in [2.24, 2.45) is 7.05 Å². The average Bonchev–Trinajstić information content (AvgIpc) is 2.56. The molecule has 2 rings (SSSR count). The monoisotopic (exact) mass is 207 g/mol. The summed E-state index contributed by atoms with van der Waals surface area (Å²) in [5.41, 5.74) is 1.35. The summed E-state index contributed by atoms with van der Waals surface area (Å²) in [6.07, 6.45) is 8.36. The van der Waals surface area contributed by atoms with Crippen LogP contribution in [0.3, 0.4) is 0 Å². The molecule has 0 radical (unpaired) electrons. The average molecular weight is 207 g/mol. The molecule has 3 heteroatoms. The van der Waals surface area contributed by atoms with Gasteiger partial charge in [-0.1, -0.05) is 19.8 Å². The molecule has 0 saturated carbocycles. The van der Waals surface area contributed by atoms with Crippen molar-refractivity contribution in [1.29, 1.82) is 0 Å². The zero-order valence-electron chi connectivity index (χ0n) is 9.79. The lowest BCUT2D eigenvalue weighted by molar-refractivity contribution is 0.301. The van der Waals surface area contributed by atoms with Gasteiger partial charge in [0.05, 0.1) is 11.2 Å². The number of aromatic nitrogens is 2. The van der Waals surface area contributed by atoms with Crippen LogP contribution in [0.1, 0.15) is 44.7 Å². The summed E-state index contributed by atoms with van der Waals surface area (Å²) in [6, 6.07) is 2.15. The van der Waals surface area contributed by atoms with Gasteiger partial charge >= 0.3 is 0 Å². The van der Waals surface area contributed by atoms with Crippen LogP contribution in [0, 0.1) is 0 Å².